The van der Waals surface area contributed by atoms with Crippen molar-refractivity contribution in [2.45, 2.75) is 0 Å². The van der Waals surface area contributed by atoms with Gasteiger partial charge in [-0.15, -0.1) is 0 Å². The predicted octanol–water partition coefficient (Wildman–Crippen LogP) is 3.69. The molecule has 1 heterocycles. The average molecular weight is 330 g/mol. The Morgan fingerprint density at radius 2 is 2.00 bits per heavy atom. The van der Waals surface area contributed by atoms with Crippen molar-refractivity contribution in [3.05, 3.63) is 62.1 Å². The van der Waals surface area contributed by atoms with Gasteiger partial charge in [-0.25, -0.2) is 9.37 Å². The lowest BCUT2D eigenvalue weighted by Gasteiger charge is -2.07. The number of nitrogens with one attached hydrogen (secondary N) is 1. The number of nitro groups is 1. The van der Waals surface area contributed by atoms with Crippen molar-refractivity contribution in [3.63, 3.8) is 0 Å². The first-order chi connectivity index (χ1) is 9.88. The molecule has 6 nitrogen and oxygen atoms in total. The van der Waals surface area contributed by atoms with Gasteiger partial charge in [-0.3, -0.25) is 14.9 Å². The van der Waals surface area contributed by atoms with Crippen LogP contribution in [0.1, 0.15) is 10.5 Å². The molecule has 1 N–H and O–H groups in total. The minimum absolute atomic E-state index is 0.0101. The average Bonchev–Trinajstić information content (AvgIpc) is 2.41. The van der Waals surface area contributed by atoms with Crippen LogP contribution in [0.2, 0.25) is 10.2 Å². The molecule has 2 rings (SSSR count). The summed E-state index contributed by atoms with van der Waals surface area (Å²) in [7, 11) is 0. The van der Waals surface area contributed by atoms with E-state index in [0.29, 0.717) is 0 Å². The summed E-state index contributed by atoms with van der Waals surface area (Å²) in [5, 5.41) is 13.1. The highest BCUT2D eigenvalue weighted by molar-refractivity contribution is 6.35. The number of nitro benzene ring substituents is 1. The molecule has 0 unspecified atom stereocenters. The molecule has 1 amide bonds. The third kappa shape index (κ3) is 3.45. The number of benzene rings is 1. The Bertz CT molecular complexity index is 740. The Hall–Kier alpha value is -2.25. The van der Waals surface area contributed by atoms with Crippen molar-refractivity contribution in [1.82, 2.24) is 4.98 Å². The van der Waals surface area contributed by atoms with E-state index in [4.69, 9.17) is 23.2 Å². The Morgan fingerprint density at radius 1 is 1.29 bits per heavy atom. The SMILES string of the molecule is O=C(Nc1cc(F)ccc1[N+](=O)[O-])c1nc(Cl)ccc1Cl. The molecule has 9 heteroatoms. The Morgan fingerprint density at radius 3 is 2.67 bits per heavy atom. The van der Waals surface area contributed by atoms with Crippen LogP contribution in [0.3, 0.4) is 0 Å². The zero-order valence-corrected chi connectivity index (χ0v) is 11.7. The van der Waals surface area contributed by atoms with E-state index in [1.165, 1.54) is 12.1 Å². The lowest BCUT2D eigenvalue weighted by Crippen LogP contribution is -2.15. The van der Waals surface area contributed by atoms with Crippen molar-refractivity contribution in [1.29, 1.82) is 0 Å². The first kappa shape index (κ1) is 15.1. The van der Waals surface area contributed by atoms with E-state index in [0.717, 1.165) is 18.2 Å². The molecule has 0 aliphatic rings. The molecular weight excluding hydrogens is 324 g/mol. The number of amides is 1. The number of hydrogen-bond donors (Lipinski definition) is 1. The number of nitrogens with zero attached hydrogens (tertiary/aromatic N) is 2. The molecule has 0 radical (unpaired) electrons. The van der Waals surface area contributed by atoms with Gasteiger partial charge < -0.3 is 5.32 Å². The maximum absolute atomic E-state index is 13.2. The topological polar surface area (TPSA) is 85.1 Å². The molecule has 1 aromatic heterocycles. The Labute approximate surface area is 127 Å². The van der Waals surface area contributed by atoms with Gasteiger partial charge in [0.05, 0.1) is 9.95 Å². The number of carbonyl (C=O) groups excluding carboxylic acids is 1. The Kier molecular flexibility index (Phi) is 4.35. The molecule has 2 aromatic rings. The molecule has 21 heavy (non-hydrogen) atoms. The van der Waals surface area contributed by atoms with E-state index < -0.39 is 22.3 Å². The molecular formula is C12H6Cl2FN3O3. The van der Waals surface area contributed by atoms with Gasteiger partial charge in [-0.05, 0) is 18.2 Å². The number of rotatable bonds is 3. The fourth-order valence-electron chi connectivity index (χ4n) is 1.53. The first-order valence-corrected chi connectivity index (χ1v) is 6.21. The summed E-state index contributed by atoms with van der Waals surface area (Å²) >= 11 is 11.5. The van der Waals surface area contributed by atoms with E-state index in [-0.39, 0.29) is 21.6 Å². The molecule has 0 aliphatic carbocycles. The second kappa shape index (κ2) is 6.02. The number of anilines is 1. The summed E-state index contributed by atoms with van der Waals surface area (Å²) in [5.41, 5.74) is -0.978. The minimum Gasteiger partial charge on any atom is -0.315 e. The minimum atomic E-state index is -0.837. The quantitative estimate of drug-likeness (QED) is 0.528. The Balaban J connectivity index is 2.38. The number of aromatic nitrogens is 1. The second-order valence-corrected chi connectivity index (χ2v) is 4.63. The van der Waals surface area contributed by atoms with Crippen molar-refractivity contribution in [2.24, 2.45) is 0 Å². The van der Waals surface area contributed by atoms with Gasteiger partial charge in [0, 0.05) is 12.1 Å². The van der Waals surface area contributed by atoms with E-state index in [2.05, 4.69) is 10.3 Å². The lowest BCUT2D eigenvalue weighted by atomic mass is 10.2. The van der Waals surface area contributed by atoms with Gasteiger partial charge >= 0.3 is 0 Å². The second-order valence-electron chi connectivity index (χ2n) is 3.84. The first-order valence-electron chi connectivity index (χ1n) is 5.46. The summed E-state index contributed by atoms with van der Waals surface area (Å²) in [5.74, 6) is -1.57. The van der Waals surface area contributed by atoms with Crippen LogP contribution in [-0.2, 0) is 0 Å². The summed E-state index contributed by atoms with van der Waals surface area (Å²) < 4.78 is 13.2. The van der Waals surface area contributed by atoms with Gasteiger partial charge in [-0.1, -0.05) is 23.2 Å². The van der Waals surface area contributed by atoms with Crippen LogP contribution in [-0.4, -0.2) is 15.8 Å². The van der Waals surface area contributed by atoms with Crippen LogP contribution in [0.5, 0.6) is 0 Å². The zero-order chi connectivity index (χ0) is 15.6. The lowest BCUT2D eigenvalue weighted by molar-refractivity contribution is -0.384. The molecule has 0 spiro atoms. The van der Waals surface area contributed by atoms with Crippen molar-refractivity contribution >= 4 is 40.5 Å². The number of halogens is 3. The van der Waals surface area contributed by atoms with Gasteiger partial charge in [-0.2, -0.15) is 0 Å². The van der Waals surface area contributed by atoms with E-state index in [1.807, 2.05) is 0 Å². The normalized spacial score (nSPS) is 10.2. The van der Waals surface area contributed by atoms with Crippen LogP contribution in [0.15, 0.2) is 30.3 Å². The molecule has 0 atom stereocenters. The van der Waals surface area contributed by atoms with Crippen LogP contribution in [0.25, 0.3) is 0 Å². The fraction of sp³-hybridized carbons (Fsp3) is 0. The highest BCUT2D eigenvalue weighted by atomic mass is 35.5. The van der Waals surface area contributed by atoms with Gasteiger partial charge in [0.15, 0.2) is 0 Å². The fourth-order valence-corrected chi connectivity index (χ4v) is 1.87. The standard InChI is InChI=1S/C12H6Cl2FN3O3/c13-7-2-4-10(14)17-11(7)12(19)16-8-5-6(15)1-3-9(8)18(20)21/h1-5H,(H,16,19). The van der Waals surface area contributed by atoms with Crippen LogP contribution in [0.4, 0.5) is 15.8 Å². The van der Waals surface area contributed by atoms with E-state index in [9.17, 15) is 19.3 Å². The molecule has 108 valence electrons. The van der Waals surface area contributed by atoms with Gasteiger partial charge in [0.2, 0.25) is 0 Å². The van der Waals surface area contributed by atoms with Crippen LogP contribution in [0, 0.1) is 15.9 Å². The predicted molar refractivity (Wildman–Crippen MR) is 75.3 cm³/mol. The van der Waals surface area contributed by atoms with E-state index in [1.54, 1.807) is 0 Å². The zero-order valence-electron chi connectivity index (χ0n) is 10.1. The molecule has 0 aliphatic heterocycles. The third-order valence-corrected chi connectivity index (χ3v) is 2.95. The van der Waals surface area contributed by atoms with Crippen molar-refractivity contribution in [3.8, 4) is 0 Å². The highest BCUT2D eigenvalue weighted by Gasteiger charge is 2.20. The maximum Gasteiger partial charge on any atom is 0.292 e. The highest BCUT2D eigenvalue weighted by Crippen LogP contribution is 2.26. The van der Waals surface area contributed by atoms with Crippen LogP contribution >= 0.6 is 23.2 Å². The number of carbonyl (C=O) groups is 1. The van der Waals surface area contributed by atoms with Crippen molar-refractivity contribution < 1.29 is 14.1 Å². The third-order valence-electron chi connectivity index (χ3n) is 2.43. The summed E-state index contributed by atoms with van der Waals surface area (Å²) in [6.45, 7) is 0. The van der Waals surface area contributed by atoms with Gasteiger partial charge in [0.25, 0.3) is 11.6 Å². The molecule has 1 aromatic carbocycles. The van der Waals surface area contributed by atoms with Crippen LogP contribution < -0.4 is 5.32 Å². The maximum atomic E-state index is 13.2. The molecule has 0 fully saturated rings. The largest absolute Gasteiger partial charge is 0.315 e. The summed E-state index contributed by atoms with van der Waals surface area (Å²) in [6.07, 6.45) is 0. The molecule has 0 saturated heterocycles. The summed E-state index contributed by atoms with van der Waals surface area (Å²) in [4.78, 5) is 25.8. The summed E-state index contributed by atoms with van der Waals surface area (Å²) in [6, 6.07) is 5.42. The smallest absolute Gasteiger partial charge is 0.292 e. The monoisotopic (exact) mass is 329 g/mol. The molecule has 0 saturated carbocycles. The number of pyridine rings is 1. The van der Waals surface area contributed by atoms with Crippen molar-refractivity contribution in [2.75, 3.05) is 5.32 Å². The molecule has 0 bridgehead atoms. The number of hydrogen-bond acceptors (Lipinski definition) is 4. The van der Waals surface area contributed by atoms with Gasteiger partial charge in [0.1, 0.15) is 22.4 Å². The van der Waals surface area contributed by atoms with E-state index >= 15 is 0 Å².